The molecule has 1 aliphatic heterocycles. The van der Waals surface area contributed by atoms with Crippen LogP contribution >= 0.6 is 0 Å². The van der Waals surface area contributed by atoms with Crippen molar-refractivity contribution in [2.45, 2.75) is 56.8 Å². The number of para-hydroxylation sites is 1. The van der Waals surface area contributed by atoms with Crippen molar-refractivity contribution in [2.24, 2.45) is 0 Å². The fourth-order valence-corrected chi connectivity index (χ4v) is 3.74. The van der Waals surface area contributed by atoms with Gasteiger partial charge in [-0.2, -0.15) is 0 Å². The minimum absolute atomic E-state index is 0.00781. The maximum Gasteiger partial charge on any atom is 0.412 e. The van der Waals surface area contributed by atoms with Gasteiger partial charge in [-0.25, -0.2) is 9.18 Å². The highest BCUT2D eigenvalue weighted by Gasteiger charge is 2.61. The van der Waals surface area contributed by atoms with E-state index >= 15 is 0 Å². The molecular formula is C18H23FN2O4. The van der Waals surface area contributed by atoms with E-state index in [1.54, 1.807) is 13.0 Å². The second kappa shape index (κ2) is 6.63. The second-order valence-corrected chi connectivity index (χ2v) is 6.87. The first-order chi connectivity index (χ1) is 11.9. The molecule has 2 amide bonds. The fourth-order valence-electron chi connectivity index (χ4n) is 3.74. The van der Waals surface area contributed by atoms with Crippen LogP contribution in [0.1, 0.15) is 45.4 Å². The van der Waals surface area contributed by atoms with Gasteiger partial charge in [0.1, 0.15) is 5.82 Å². The van der Waals surface area contributed by atoms with Crippen LogP contribution in [0, 0.1) is 5.82 Å². The average Bonchev–Trinajstić information content (AvgIpc) is 2.74. The average molecular weight is 350 g/mol. The molecule has 1 saturated carbocycles. The third kappa shape index (κ3) is 3.20. The third-order valence-corrected chi connectivity index (χ3v) is 5.26. The van der Waals surface area contributed by atoms with Gasteiger partial charge in [0, 0.05) is 13.0 Å². The Morgan fingerprint density at radius 2 is 2.00 bits per heavy atom. The first-order valence-corrected chi connectivity index (χ1v) is 8.63. The zero-order chi connectivity index (χ0) is 18.1. The molecule has 1 atom stereocenters. The van der Waals surface area contributed by atoms with Gasteiger partial charge in [0.25, 0.3) is 0 Å². The van der Waals surface area contributed by atoms with E-state index in [0.29, 0.717) is 12.8 Å². The van der Waals surface area contributed by atoms with Gasteiger partial charge in [0.2, 0.25) is 5.91 Å². The van der Waals surface area contributed by atoms with Crippen LogP contribution in [0.4, 0.5) is 14.9 Å². The smallest absolute Gasteiger partial charge is 0.412 e. The Balaban J connectivity index is 1.63. The maximum absolute atomic E-state index is 13.6. The second-order valence-electron chi connectivity index (χ2n) is 6.87. The van der Waals surface area contributed by atoms with Crippen molar-refractivity contribution in [3.8, 4) is 0 Å². The molecule has 25 heavy (non-hydrogen) atoms. The zero-order valence-electron chi connectivity index (χ0n) is 14.3. The molecule has 1 aromatic carbocycles. The van der Waals surface area contributed by atoms with Crippen molar-refractivity contribution in [3.63, 3.8) is 0 Å². The SMILES string of the molecule is C[C@@]1(O)N(CCC(=O)Nc2ccccc2F)C(=O)OC12CCCCC2. The number of benzene rings is 1. The van der Waals surface area contributed by atoms with Crippen molar-refractivity contribution in [1.29, 1.82) is 0 Å². The van der Waals surface area contributed by atoms with E-state index in [2.05, 4.69) is 5.32 Å². The Bertz CT molecular complexity index is 671. The minimum Gasteiger partial charge on any atom is -0.438 e. The fraction of sp³-hybridized carbons (Fsp3) is 0.556. The quantitative estimate of drug-likeness (QED) is 0.875. The van der Waals surface area contributed by atoms with E-state index in [1.165, 1.54) is 23.1 Å². The van der Waals surface area contributed by atoms with Gasteiger partial charge in [0.15, 0.2) is 11.3 Å². The summed E-state index contributed by atoms with van der Waals surface area (Å²) in [5, 5.41) is 13.4. The number of nitrogens with zero attached hydrogens (tertiary/aromatic N) is 1. The van der Waals surface area contributed by atoms with E-state index in [9.17, 15) is 19.1 Å². The van der Waals surface area contributed by atoms with Crippen LogP contribution in [0.2, 0.25) is 0 Å². The van der Waals surface area contributed by atoms with Crippen LogP contribution in [-0.2, 0) is 9.53 Å². The molecule has 136 valence electrons. The van der Waals surface area contributed by atoms with Crippen LogP contribution < -0.4 is 5.32 Å². The van der Waals surface area contributed by atoms with Crippen molar-refractivity contribution in [1.82, 2.24) is 4.90 Å². The van der Waals surface area contributed by atoms with E-state index in [0.717, 1.165) is 19.3 Å². The zero-order valence-corrected chi connectivity index (χ0v) is 14.3. The predicted molar refractivity (Wildman–Crippen MR) is 89.3 cm³/mol. The highest BCUT2D eigenvalue weighted by Crippen LogP contribution is 2.46. The molecule has 2 N–H and O–H groups in total. The number of ether oxygens (including phenoxy) is 1. The molecule has 0 unspecified atom stereocenters. The lowest BCUT2D eigenvalue weighted by atomic mass is 9.77. The number of hydrogen-bond donors (Lipinski definition) is 2. The number of nitrogens with one attached hydrogen (secondary N) is 1. The number of rotatable bonds is 4. The molecule has 1 spiro atoms. The molecule has 0 bridgehead atoms. The van der Waals surface area contributed by atoms with E-state index in [-0.39, 0.29) is 18.7 Å². The Morgan fingerprint density at radius 3 is 2.68 bits per heavy atom. The van der Waals surface area contributed by atoms with Crippen LogP contribution in [-0.4, -0.2) is 39.9 Å². The van der Waals surface area contributed by atoms with Gasteiger partial charge in [-0.3, -0.25) is 9.69 Å². The van der Waals surface area contributed by atoms with Gasteiger partial charge < -0.3 is 15.2 Å². The predicted octanol–water partition coefficient (Wildman–Crippen LogP) is 3.02. The van der Waals surface area contributed by atoms with Crippen LogP contribution in [0.25, 0.3) is 0 Å². The molecule has 3 rings (SSSR count). The number of carbonyl (C=O) groups excluding carboxylic acids is 2. The lowest BCUT2D eigenvalue weighted by molar-refractivity contribution is -0.159. The molecule has 1 saturated heterocycles. The van der Waals surface area contributed by atoms with Crippen molar-refractivity contribution in [2.75, 3.05) is 11.9 Å². The first kappa shape index (κ1) is 17.7. The van der Waals surface area contributed by atoms with Gasteiger partial charge in [-0.05, 0) is 44.7 Å². The molecule has 1 aliphatic carbocycles. The summed E-state index contributed by atoms with van der Waals surface area (Å²) >= 11 is 0. The lowest BCUT2D eigenvalue weighted by Crippen LogP contribution is -2.57. The summed E-state index contributed by atoms with van der Waals surface area (Å²) in [7, 11) is 0. The Kier molecular flexibility index (Phi) is 4.69. The monoisotopic (exact) mass is 350 g/mol. The molecule has 1 heterocycles. The van der Waals surface area contributed by atoms with Gasteiger partial charge in [0.05, 0.1) is 5.69 Å². The third-order valence-electron chi connectivity index (χ3n) is 5.26. The molecule has 2 fully saturated rings. The lowest BCUT2D eigenvalue weighted by Gasteiger charge is -2.42. The van der Waals surface area contributed by atoms with E-state index < -0.39 is 29.1 Å². The number of hydrogen-bond acceptors (Lipinski definition) is 4. The summed E-state index contributed by atoms with van der Waals surface area (Å²) in [6, 6.07) is 5.87. The van der Waals surface area contributed by atoms with Gasteiger partial charge in [-0.15, -0.1) is 0 Å². The molecule has 0 radical (unpaired) electrons. The topological polar surface area (TPSA) is 78.9 Å². The number of amides is 2. The Hall–Kier alpha value is -2.15. The molecular weight excluding hydrogens is 327 g/mol. The summed E-state index contributed by atoms with van der Waals surface area (Å²) < 4.78 is 19.1. The summed E-state index contributed by atoms with van der Waals surface area (Å²) in [5.41, 5.74) is -2.26. The van der Waals surface area contributed by atoms with Crippen molar-refractivity contribution in [3.05, 3.63) is 30.1 Å². The number of aliphatic hydroxyl groups is 1. The molecule has 1 aromatic rings. The number of anilines is 1. The van der Waals surface area contributed by atoms with E-state index in [4.69, 9.17) is 4.74 Å². The van der Waals surface area contributed by atoms with Crippen LogP contribution in [0.3, 0.4) is 0 Å². The molecule has 0 aromatic heterocycles. The standard InChI is InChI=1S/C18H23FN2O4/c1-17(24)18(10-5-2-6-11-18)25-16(23)21(17)12-9-15(22)20-14-8-4-3-7-13(14)19/h3-4,7-8,24H,2,5-6,9-12H2,1H3,(H,20,22)/t17-/m0/s1. The molecule has 6 nitrogen and oxygen atoms in total. The highest BCUT2D eigenvalue weighted by atomic mass is 19.1. The number of carbonyl (C=O) groups is 2. The van der Waals surface area contributed by atoms with Gasteiger partial charge in [-0.1, -0.05) is 18.6 Å². The normalized spacial score (nSPS) is 25.1. The summed E-state index contributed by atoms with van der Waals surface area (Å²) in [6.45, 7) is 1.58. The minimum atomic E-state index is -1.46. The Labute approximate surface area is 146 Å². The van der Waals surface area contributed by atoms with E-state index in [1.807, 2.05) is 0 Å². The summed E-state index contributed by atoms with van der Waals surface area (Å²) in [5.74, 6) is -0.956. The molecule has 2 aliphatic rings. The number of halogens is 1. The first-order valence-electron chi connectivity index (χ1n) is 8.63. The Morgan fingerprint density at radius 1 is 1.32 bits per heavy atom. The largest absolute Gasteiger partial charge is 0.438 e. The molecule has 7 heteroatoms. The summed E-state index contributed by atoms with van der Waals surface area (Å²) in [6.07, 6.45) is 3.41. The highest BCUT2D eigenvalue weighted by molar-refractivity contribution is 5.91. The van der Waals surface area contributed by atoms with Crippen LogP contribution in [0.5, 0.6) is 0 Å². The van der Waals surface area contributed by atoms with Crippen LogP contribution in [0.15, 0.2) is 24.3 Å². The van der Waals surface area contributed by atoms with Crippen molar-refractivity contribution >= 4 is 17.7 Å². The maximum atomic E-state index is 13.6. The summed E-state index contributed by atoms with van der Waals surface area (Å²) in [4.78, 5) is 25.5. The van der Waals surface area contributed by atoms with Gasteiger partial charge >= 0.3 is 6.09 Å². The van der Waals surface area contributed by atoms with Crippen molar-refractivity contribution < 1.29 is 23.8 Å².